The van der Waals surface area contributed by atoms with Crippen molar-refractivity contribution in [3.05, 3.63) is 22.2 Å². The first-order chi connectivity index (χ1) is 8.44. The molecule has 18 heavy (non-hydrogen) atoms. The Bertz CT molecular complexity index is 601. The molecule has 0 spiro atoms. The molecule has 0 aliphatic carbocycles. The van der Waals surface area contributed by atoms with Crippen LogP contribution >= 0.6 is 15.9 Å². The third-order valence-corrected chi connectivity index (χ3v) is 4.93. The minimum absolute atomic E-state index is 0.117. The zero-order valence-electron chi connectivity index (χ0n) is 9.36. The van der Waals surface area contributed by atoms with Crippen molar-refractivity contribution in [2.75, 3.05) is 18.4 Å². The summed E-state index contributed by atoms with van der Waals surface area (Å²) in [4.78, 5) is 11.4. The number of carbonyl (C=O) groups excluding carboxylic acids is 1. The Kier molecular flexibility index (Phi) is 3.71. The van der Waals surface area contributed by atoms with Crippen molar-refractivity contribution in [2.24, 2.45) is 5.73 Å². The third kappa shape index (κ3) is 2.56. The van der Waals surface area contributed by atoms with Crippen molar-refractivity contribution < 1.29 is 13.2 Å². The van der Waals surface area contributed by atoms with Crippen LogP contribution in [0.3, 0.4) is 0 Å². The van der Waals surface area contributed by atoms with Gasteiger partial charge in [-0.25, -0.2) is 13.1 Å². The van der Waals surface area contributed by atoms with Gasteiger partial charge in [-0.05, 0) is 33.6 Å². The van der Waals surface area contributed by atoms with Gasteiger partial charge in [-0.2, -0.15) is 0 Å². The van der Waals surface area contributed by atoms with Gasteiger partial charge in [0, 0.05) is 23.2 Å². The van der Waals surface area contributed by atoms with E-state index in [2.05, 4.69) is 26.0 Å². The van der Waals surface area contributed by atoms with Crippen LogP contribution < -0.4 is 15.8 Å². The molecule has 1 aliphatic heterocycles. The predicted octanol–water partition coefficient (Wildman–Crippen LogP) is 0.181. The second kappa shape index (κ2) is 4.96. The SMILES string of the molecule is NCCNS(=O)(=O)c1cc2c(cc1Br)NC(=O)C2. The number of nitrogens with one attached hydrogen (secondary N) is 2. The third-order valence-electron chi connectivity index (χ3n) is 2.51. The van der Waals surface area contributed by atoms with Gasteiger partial charge in [-0.15, -0.1) is 0 Å². The standard InChI is InChI=1S/C10H12BrN3O3S/c11-7-5-8-6(4-10(15)14-8)3-9(7)18(16,17)13-2-1-12/h3,5,13H,1-2,4,12H2,(H,14,15). The van der Waals surface area contributed by atoms with E-state index in [4.69, 9.17) is 5.73 Å². The molecule has 0 radical (unpaired) electrons. The largest absolute Gasteiger partial charge is 0.329 e. The van der Waals surface area contributed by atoms with E-state index < -0.39 is 10.0 Å². The molecule has 0 atom stereocenters. The quantitative estimate of drug-likeness (QED) is 0.731. The summed E-state index contributed by atoms with van der Waals surface area (Å²) in [5.74, 6) is -0.138. The summed E-state index contributed by atoms with van der Waals surface area (Å²) >= 11 is 3.20. The Balaban J connectivity index is 2.41. The first-order valence-electron chi connectivity index (χ1n) is 5.26. The van der Waals surface area contributed by atoms with Crippen LogP contribution in [-0.2, 0) is 21.2 Å². The molecule has 2 rings (SSSR count). The van der Waals surface area contributed by atoms with E-state index in [1.165, 1.54) is 6.07 Å². The van der Waals surface area contributed by atoms with Gasteiger partial charge in [0.05, 0.1) is 11.3 Å². The summed E-state index contributed by atoms with van der Waals surface area (Å²) in [6.07, 6.45) is 0.196. The molecule has 0 unspecified atom stereocenters. The summed E-state index contributed by atoms with van der Waals surface area (Å²) in [6.45, 7) is 0.394. The fourth-order valence-corrected chi connectivity index (χ4v) is 3.84. The lowest BCUT2D eigenvalue weighted by molar-refractivity contribution is -0.115. The zero-order valence-corrected chi connectivity index (χ0v) is 11.8. The van der Waals surface area contributed by atoms with E-state index in [-0.39, 0.29) is 30.3 Å². The summed E-state index contributed by atoms with van der Waals surface area (Å²) in [7, 11) is -3.61. The maximum Gasteiger partial charge on any atom is 0.241 e. The second-order valence-corrected chi connectivity index (χ2v) is 6.44. The summed E-state index contributed by atoms with van der Waals surface area (Å²) in [5, 5.41) is 2.66. The van der Waals surface area contributed by atoms with Gasteiger partial charge in [-0.3, -0.25) is 4.79 Å². The van der Waals surface area contributed by atoms with Gasteiger partial charge in [0.25, 0.3) is 0 Å². The lowest BCUT2D eigenvalue weighted by atomic mass is 10.2. The second-order valence-electron chi connectivity index (χ2n) is 3.85. The maximum absolute atomic E-state index is 12.0. The minimum Gasteiger partial charge on any atom is -0.329 e. The number of sulfonamides is 1. The van der Waals surface area contributed by atoms with Crippen LogP contribution in [0.5, 0.6) is 0 Å². The molecule has 1 aromatic carbocycles. The van der Waals surface area contributed by atoms with Crippen LogP contribution in [0.15, 0.2) is 21.5 Å². The minimum atomic E-state index is -3.61. The number of amides is 1. The van der Waals surface area contributed by atoms with Crippen molar-refractivity contribution in [2.45, 2.75) is 11.3 Å². The number of hydrogen-bond acceptors (Lipinski definition) is 4. The van der Waals surface area contributed by atoms with Crippen LogP contribution in [0, 0.1) is 0 Å². The number of fused-ring (bicyclic) bond motifs is 1. The first-order valence-corrected chi connectivity index (χ1v) is 7.53. The van der Waals surface area contributed by atoms with Gasteiger partial charge >= 0.3 is 0 Å². The Morgan fingerprint density at radius 2 is 2.17 bits per heavy atom. The van der Waals surface area contributed by atoms with Crippen LogP contribution in [-0.4, -0.2) is 27.4 Å². The van der Waals surface area contributed by atoms with Crippen molar-refractivity contribution >= 4 is 37.5 Å². The molecule has 8 heteroatoms. The average Bonchev–Trinajstić information content (AvgIpc) is 2.64. The van der Waals surface area contributed by atoms with E-state index >= 15 is 0 Å². The van der Waals surface area contributed by atoms with Gasteiger partial charge in [0.1, 0.15) is 0 Å². The Hall–Kier alpha value is -0.960. The molecule has 0 saturated heterocycles. The van der Waals surface area contributed by atoms with Crippen LogP contribution in [0.2, 0.25) is 0 Å². The monoisotopic (exact) mass is 333 g/mol. The zero-order chi connectivity index (χ0) is 13.3. The average molecular weight is 334 g/mol. The number of halogens is 1. The fraction of sp³-hybridized carbons (Fsp3) is 0.300. The normalized spacial score (nSPS) is 14.4. The molecule has 1 amide bonds. The number of hydrogen-bond donors (Lipinski definition) is 3. The van der Waals surface area contributed by atoms with E-state index in [1.807, 2.05) is 0 Å². The molecule has 0 fully saturated rings. The van der Waals surface area contributed by atoms with Gasteiger partial charge in [0.2, 0.25) is 15.9 Å². The summed E-state index contributed by atoms with van der Waals surface area (Å²) < 4.78 is 26.8. The molecule has 0 saturated carbocycles. The van der Waals surface area contributed by atoms with Gasteiger partial charge in [0.15, 0.2) is 0 Å². The maximum atomic E-state index is 12.0. The van der Waals surface area contributed by atoms with Crippen LogP contribution in [0.1, 0.15) is 5.56 Å². The summed E-state index contributed by atoms with van der Waals surface area (Å²) in [5.41, 5.74) is 6.59. The number of nitrogens with two attached hydrogens (primary N) is 1. The van der Waals surface area contributed by atoms with E-state index in [1.54, 1.807) is 6.07 Å². The molecule has 4 N–H and O–H groups in total. The van der Waals surface area contributed by atoms with Crippen molar-refractivity contribution in [3.8, 4) is 0 Å². The first kappa shape index (κ1) is 13.5. The fourth-order valence-electron chi connectivity index (χ4n) is 1.70. The highest BCUT2D eigenvalue weighted by Gasteiger charge is 2.24. The lowest BCUT2D eigenvalue weighted by Gasteiger charge is -2.09. The van der Waals surface area contributed by atoms with Crippen molar-refractivity contribution in [3.63, 3.8) is 0 Å². The molecule has 0 aromatic heterocycles. The molecule has 1 aromatic rings. The number of benzene rings is 1. The predicted molar refractivity (Wildman–Crippen MR) is 70.7 cm³/mol. The highest BCUT2D eigenvalue weighted by atomic mass is 79.9. The van der Waals surface area contributed by atoms with Gasteiger partial charge < -0.3 is 11.1 Å². The number of carbonyl (C=O) groups is 1. The van der Waals surface area contributed by atoms with Gasteiger partial charge in [-0.1, -0.05) is 0 Å². The van der Waals surface area contributed by atoms with E-state index in [9.17, 15) is 13.2 Å². The molecular formula is C10H12BrN3O3S. The Morgan fingerprint density at radius 1 is 1.44 bits per heavy atom. The molecule has 0 bridgehead atoms. The molecular weight excluding hydrogens is 322 g/mol. The van der Waals surface area contributed by atoms with Crippen molar-refractivity contribution in [1.29, 1.82) is 0 Å². The summed E-state index contributed by atoms with van der Waals surface area (Å²) in [6, 6.07) is 3.09. The molecule has 6 nitrogen and oxygen atoms in total. The molecule has 1 heterocycles. The highest BCUT2D eigenvalue weighted by molar-refractivity contribution is 9.10. The van der Waals surface area contributed by atoms with E-state index in [0.29, 0.717) is 15.7 Å². The topological polar surface area (TPSA) is 101 Å². The van der Waals surface area contributed by atoms with E-state index in [0.717, 1.165) is 0 Å². The van der Waals surface area contributed by atoms with Crippen LogP contribution in [0.25, 0.3) is 0 Å². The number of anilines is 1. The van der Waals surface area contributed by atoms with Crippen LogP contribution in [0.4, 0.5) is 5.69 Å². The molecule has 98 valence electrons. The van der Waals surface area contributed by atoms with Crippen molar-refractivity contribution in [1.82, 2.24) is 4.72 Å². The Labute approximate surface area is 113 Å². The highest BCUT2D eigenvalue weighted by Crippen LogP contribution is 2.32. The smallest absolute Gasteiger partial charge is 0.241 e. The lowest BCUT2D eigenvalue weighted by Crippen LogP contribution is -2.29. The Morgan fingerprint density at radius 3 is 2.83 bits per heavy atom. The molecule has 1 aliphatic rings. The number of rotatable bonds is 4.